The molecule has 0 radical (unpaired) electrons. The van der Waals surface area contributed by atoms with Gasteiger partial charge >= 0.3 is 0 Å². The van der Waals surface area contributed by atoms with Crippen LogP contribution in [0.3, 0.4) is 0 Å². The van der Waals surface area contributed by atoms with Crippen molar-refractivity contribution in [2.45, 2.75) is 69.6 Å². The zero-order valence-electron chi connectivity index (χ0n) is 14.6. The van der Waals surface area contributed by atoms with E-state index in [0.717, 1.165) is 57.4 Å². The molecule has 2 aliphatic rings. The summed E-state index contributed by atoms with van der Waals surface area (Å²) in [4.78, 5) is 0. The van der Waals surface area contributed by atoms with Crippen LogP contribution in [-0.4, -0.2) is 36.6 Å². The van der Waals surface area contributed by atoms with Crippen LogP contribution >= 0.6 is 0 Å². The molecule has 0 spiro atoms. The molecule has 4 nitrogen and oxygen atoms in total. The van der Waals surface area contributed by atoms with Crippen molar-refractivity contribution >= 4 is 0 Å². The summed E-state index contributed by atoms with van der Waals surface area (Å²) in [7, 11) is 0. The van der Waals surface area contributed by atoms with Crippen LogP contribution in [0.15, 0.2) is 24.3 Å². The molecule has 1 saturated carbocycles. The molecule has 1 aliphatic carbocycles. The van der Waals surface area contributed by atoms with Crippen molar-refractivity contribution in [3.63, 3.8) is 0 Å². The molecule has 0 amide bonds. The van der Waals surface area contributed by atoms with Gasteiger partial charge < -0.3 is 19.9 Å². The van der Waals surface area contributed by atoms with Crippen molar-refractivity contribution in [1.29, 1.82) is 0 Å². The first-order chi connectivity index (χ1) is 11.7. The highest BCUT2D eigenvalue weighted by Crippen LogP contribution is 2.26. The summed E-state index contributed by atoms with van der Waals surface area (Å²) in [6, 6.07) is 8.22. The van der Waals surface area contributed by atoms with Gasteiger partial charge in [-0.05, 0) is 43.4 Å². The Morgan fingerprint density at radius 1 is 1.08 bits per heavy atom. The molecule has 134 valence electrons. The molecule has 1 unspecified atom stereocenters. The largest absolute Gasteiger partial charge is 0.491 e. The van der Waals surface area contributed by atoms with Crippen molar-refractivity contribution in [2.24, 2.45) is 0 Å². The highest BCUT2D eigenvalue weighted by atomic mass is 16.5. The maximum absolute atomic E-state index is 10.7. The third-order valence-corrected chi connectivity index (χ3v) is 5.20. The third kappa shape index (κ3) is 5.47. The summed E-state index contributed by atoms with van der Waals surface area (Å²) in [6.07, 6.45) is 9.17. The normalized spacial score (nSPS) is 23.8. The fourth-order valence-corrected chi connectivity index (χ4v) is 3.67. The second-order valence-corrected chi connectivity index (χ2v) is 7.33. The van der Waals surface area contributed by atoms with Crippen LogP contribution in [0.5, 0.6) is 5.75 Å². The van der Waals surface area contributed by atoms with E-state index in [4.69, 9.17) is 9.47 Å². The summed E-state index contributed by atoms with van der Waals surface area (Å²) < 4.78 is 11.4. The minimum Gasteiger partial charge on any atom is -0.491 e. The molecule has 4 heteroatoms. The molecule has 2 N–H and O–H groups in total. The number of rotatable bonds is 7. The van der Waals surface area contributed by atoms with Gasteiger partial charge in [0.05, 0.1) is 11.7 Å². The van der Waals surface area contributed by atoms with Gasteiger partial charge in [0, 0.05) is 19.7 Å². The average Bonchev–Trinajstić information content (AvgIpc) is 3.02. The molecule has 1 atom stereocenters. The molecule has 1 saturated heterocycles. The van der Waals surface area contributed by atoms with Crippen LogP contribution in [0.4, 0.5) is 0 Å². The van der Waals surface area contributed by atoms with Gasteiger partial charge in [-0.15, -0.1) is 0 Å². The highest BCUT2D eigenvalue weighted by Gasteiger charge is 2.27. The van der Waals surface area contributed by atoms with Crippen LogP contribution in [0.25, 0.3) is 0 Å². The first-order valence-corrected chi connectivity index (χ1v) is 9.50. The Bertz CT molecular complexity index is 474. The molecule has 24 heavy (non-hydrogen) atoms. The Labute approximate surface area is 145 Å². The van der Waals surface area contributed by atoms with E-state index in [9.17, 15) is 5.11 Å². The molecule has 1 aliphatic heterocycles. The van der Waals surface area contributed by atoms with Gasteiger partial charge in [-0.1, -0.05) is 37.8 Å². The van der Waals surface area contributed by atoms with Crippen molar-refractivity contribution in [2.75, 3.05) is 19.8 Å². The second-order valence-electron chi connectivity index (χ2n) is 7.33. The molecular formula is C20H31NO3. The van der Waals surface area contributed by atoms with Crippen molar-refractivity contribution in [1.82, 2.24) is 5.32 Å². The fraction of sp³-hybridized carbons (Fsp3) is 0.700. The Hall–Kier alpha value is -1.10. The number of hydrogen-bond donors (Lipinski definition) is 2. The fourth-order valence-electron chi connectivity index (χ4n) is 3.67. The predicted molar refractivity (Wildman–Crippen MR) is 95.3 cm³/mol. The van der Waals surface area contributed by atoms with Crippen LogP contribution in [0.1, 0.15) is 56.9 Å². The Balaban J connectivity index is 1.39. The lowest BCUT2D eigenvalue weighted by Gasteiger charge is -2.27. The van der Waals surface area contributed by atoms with Gasteiger partial charge in [0.15, 0.2) is 0 Å². The summed E-state index contributed by atoms with van der Waals surface area (Å²) in [6.45, 7) is 2.98. The predicted octanol–water partition coefficient (Wildman–Crippen LogP) is 3.42. The van der Waals surface area contributed by atoms with Crippen molar-refractivity contribution in [3.8, 4) is 5.75 Å². The second kappa shape index (κ2) is 8.84. The average molecular weight is 333 g/mol. The minimum atomic E-state index is -0.513. The van der Waals surface area contributed by atoms with Crippen LogP contribution < -0.4 is 10.1 Å². The molecule has 1 aromatic rings. The van der Waals surface area contributed by atoms with E-state index in [-0.39, 0.29) is 6.10 Å². The van der Waals surface area contributed by atoms with E-state index in [0.29, 0.717) is 13.2 Å². The smallest absolute Gasteiger partial charge is 0.119 e. The lowest BCUT2D eigenvalue weighted by Crippen LogP contribution is -2.39. The lowest BCUT2D eigenvalue weighted by molar-refractivity contribution is 0.0250. The number of ether oxygens (including phenoxy) is 2. The van der Waals surface area contributed by atoms with E-state index in [1.54, 1.807) is 0 Å². The van der Waals surface area contributed by atoms with Gasteiger partial charge in [-0.2, -0.15) is 0 Å². The number of aliphatic hydroxyl groups is 1. The van der Waals surface area contributed by atoms with Crippen molar-refractivity contribution in [3.05, 3.63) is 29.8 Å². The molecule has 1 heterocycles. The highest BCUT2D eigenvalue weighted by molar-refractivity contribution is 5.27. The van der Waals surface area contributed by atoms with Gasteiger partial charge in [-0.3, -0.25) is 0 Å². The lowest BCUT2D eigenvalue weighted by atomic mass is 9.94. The van der Waals surface area contributed by atoms with Crippen LogP contribution in [-0.2, 0) is 11.3 Å². The third-order valence-electron chi connectivity index (χ3n) is 5.20. The van der Waals surface area contributed by atoms with Crippen LogP contribution in [0, 0.1) is 0 Å². The first-order valence-electron chi connectivity index (χ1n) is 9.50. The van der Waals surface area contributed by atoms with E-state index >= 15 is 0 Å². The Kier molecular flexibility index (Phi) is 6.52. The first kappa shape index (κ1) is 17.7. The quantitative estimate of drug-likeness (QED) is 0.751. The summed E-state index contributed by atoms with van der Waals surface area (Å²) in [5, 5.41) is 14.1. The van der Waals surface area contributed by atoms with E-state index in [1.165, 1.54) is 18.4 Å². The zero-order valence-corrected chi connectivity index (χ0v) is 14.6. The van der Waals surface area contributed by atoms with E-state index in [1.807, 2.05) is 12.1 Å². The van der Waals surface area contributed by atoms with Gasteiger partial charge in [0.2, 0.25) is 0 Å². The molecule has 0 bridgehead atoms. The maximum Gasteiger partial charge on any atom is 0.119 e. The van der Waals surface area contributed by atoms with Gasteiger partial charge in [-0.25, -0.2) is 0 Å². The molecule has 1 aromatic carbocycles. The van der Waals surface area contributed by atoms with E-state index in [2.05, 4.69) is 17.4 Å². The van der Waals surface area contributed by atoms with Crippen molar-refractivity contribution < 1.29 is 14.6 Å². The van der Waals surface area contributed by atoms with Crippen LogP contribution in [0.2, 0.25) is 0 Å². The van der Waals surface area contributed by atoms with E-state index < -0.39 is 5.60 Å². The minimum absolute atomic E-state index is 0.256. The number of nitrogens with one attached hydrogen (secondary N) is 1. The molecule has 3 rings (SSSR count). The molecule has 0 aromatic heterocycles. The summed E-state index contributed by atoms with van der Waals surface area (Å²) in [5.41, 5.74) is 0.706. The van der Waals surface area contributed by atoms with Gasteiger partial charge in [0.25, 0.3) is 0 Å². The molecular weight excluding hydrogens is 302 g/mol. The standard InChI is InChI=1S/C20H31NO3/c22-20(11-3-1-2-4-12-20)16-21-14-17-7-9-18(10-8-17)24-15-19-6-5-13-23-19/h7-10,19,21-22H,1-6,11-16H2. The Morgan fingerprint density at radius 3 is 2.50 bits per heavy atom. The summed E-state index contributed by atoms with van der Waals surface area (Å²) in [5.74, 6) is 0.900. The maximum atomic E-state index is 10.7. The summed E-state index contributed by atoms with van der Waals surface area (Å²) >= 11 is 0. The topological polar surface area (TPSA) is 50.7 Å². The molecule has 2 fully saturated rings. The number of hydrogen-bond acceptors (Lipinski definition) is 4. The monoisotopic (exact) mass is 333 g/mol. The number of benzene rings is 1. The zero-order chi connectivity index (χ0) is 16.7. The van der Waals surface area contributed by atoms with Gasteiger partial charge in [0.1, 0.15) is 12.4 Å². The Morgan fingerprint density at radius 2 is 1.83 bits per heavy atom. The SMILES string of the molecule is OC1(CNCc2ccc(OCC3CCCO3)cc2)CCCCCC1.